The molecular formula is C23H28N4O11S. The number of aryl methyl sites for hydroxylation is 1. The van der Waals surface area contributed by atoms with Gasteiger partial charge < -0.3 is 28.1 Å². The minimum Gasteiger partial charge on any atom is -0.463 e. The molecule has 16 heteroatoms. The third kappa shape index (κ3) is 7.00. The zero-order chi connectivity index (χ0) is 29.0. The van der Waals surface area contributed by atoms with Crippen molar-refractivity contribution in [2.24, 2.45) is 0 Å². The van der Waals surface area contributed by atoms with Crippen LogP contribution in [0.4, 0.5) is 5.82 Å². The third-order valence-corrected chi connectivity index (χ3v) is 5.85. The molecule has 39 heavy (non-hydrogen) atoms. The quantitative estimate of drug-likeness (QED) is 0.190. The van der Waals surface area contributed by atoms with Gasteiger partial charge in [-0.25, -0.2) is 9.97 Å². The van der Waals surface area contributed by atoms with E-state index < -0.39 is 67.0 Å². The highest BCUT2D eigenvalue weighted by molar-refractivity contribution is 7.98. The molecule has 15 nitrogen and oxygen atoms in total. The van der Waals surface area contributed by atoms with E-state index in [-0.39, 0.29) is 28.1 Å². The summed E-state index contributed by atoms with van der Waals surface area (Å²) in [6, 6.07) is 0. The Bertz CT molecular complexity index is 1280. The molecular weight excluding hydrogens is 540 g/mol. The summed E-state index contributed by atoms with van der Waals surface area (Å²) in [7, 11) is 0. The number of carbonyl (C=O) groups excluding carboxylic acids is 5. The van der Waals surface area contributed by atoms with Crippen LogP contribution in [-0.4, -0.2) is 88.2 Å². The molecule has 0 aliphatic carbocycles. The molecule has 1 amide bonds. The second-order valence-corrected chi connectivity index (χ2v) is 9.17. The summed E-state index contributed by atoms with van der Waals surface area (Å²) in [4.78, 5) is 75.1. The highest BCUT2D eigenvalue weighted by atomic mass is 32.2. The van der Waals surface area contributed by atoms with Gasteiger partial charge in [-0.3, -0.25) is 28.9 Å². The van der Waals surface area contributed by atoms with Crippen molar-refractivity contribution in [3.05, 3.63) is 5.89 Å². The van der Waals surface area contributed by atoms with Gasteiger partial charge in [0, 0.05) is 41.5 Å². The second kappa shape index (κ2) is 12.4. The number of nitrogens with zero attached hydrogens (tertiary/aromatic N) is 4. The Hall–Kier alpha value is -3.79. The fourth-order valence-electron chi connectivity index (χ4n) is 4.01. The number of carbonyl (C=O) groups is 5. The molecule has 1 aliphatic rings. The standard InChI is InChI=1S/C23H28N4O11S/c1-9-24-16-20(25-23(39-7)26-21(16)34-9)27(10(2)28)22-19(37-14(6)32)18(36-13(5)31)17(35-12(4)30)15(38-22)8-33-11(3)29/h15,17-19,22H,8H2,1-7H3. The van der Waals surface area contributed by atoms with Crippen LogP contribution in [0.15, 0.2) is 9.57 Å². The molecule has 1 saturated heterocycles. The molecule has 0 aromatic carbocycles. The highest BCUT2D eigenvalue weighted by Crippen LogP contribution is 2.35. The van der Waals surface area contributed by atoms with Crippen LogP contribution in [0.2, 0.25) is 0 Å². The molecule has 0 radical (unpaired) electrons. The molecule has 5 unspecified atom stereocenters. The molecule has 5 atom stereocenters. The van der Waals surface area contributed by atoms with Crippen LogP contribution in [0.5, 0.6) is 0 Å². The molecule has 0 N–H and O–H groups in total. The Morgan fingerprint density at radius 1 is 0.846 bits per heavy atom. The van der Waals surface area contributed by atoms with E-state index >= 15 is 0 Å². The number of ether oxygens (including phenoxy) is 5. The van der Waals surface area contributed by atoms with Crippen molar-refractivity contribution < 1.29 is 52.1 Å². The van der Waals surface area contributed by atoms with Gasteiger partial charge in [0.25, 0.3) is 5.71 Å². The Labute approximate surface area is 226 Å². The number of hydrogen-bond donors (Lipinski definition) is 0. The number of amides is 1. The lowest BCUT2D eigenvalue weighted by molar-refractivity contribution is -0.252. The zero-order valence-corrected chi connectivity index (χ0v) is 23.1. The second-order valence-electron chi connectivity index (χ2n) is 8.40. The largest absolute Gasteiger partial charge is 0.463 e. The third-order valence-electron chi connectivity index (χ3n) is 5.30. The molecule has 3 rings (SSSR count). The predicted octanol–water partition coefficient (Wildman–Crippen LogP) is 1.08. The summed E-state index contributed by atoms with van der Waals surface area (Å²) < 4.78 is 33.1. The first kappa shape index (κ1) is 29.8. The molecule has 0 saturated carbocycles. The Kier molecular flexibility index (Phi) is 9.45. The van der Waals surface area contributed by atoms with E-state index in [1.165, 1.54) is 6.92 Å². The molecule has 1 fully saturated rings. The monoisotopic (exact) mass is 568 g/mol. The summed E-state index contributed by atoms with van der Waals surface area (Å²) in [5.41, 5.74) is 0.187. The van der Waals surface area contributed by atoms with Gasteiger partial charge in [-0.05, 0) is 6.26 Å². The summed E-state index contributed by atoms with van der Waals surface area (Å²) in [6.45, 7) is 6.78. The van der Waals surface area contributed by atoms with Crippen LogP contribution in [0, 0.1) is 6.92 Å². The van der Waals surface area contributed by atoms with Crippen molar-refractivity contribution in [3.63, 3.8) is 0 Å². The number of esters is 4. The van der Waals surface area contributed by atoms with Crippen molar-refractivity contribution in [1.29, 1.82) is 0 Å². The summed E-state index contributed by atoms with van der Waals surface area (Å²) in [5, 5.41) is 0.227. The van der Waals surface area contributed by atoms with Crippen molar-refractivity contribution in [3.8, 4) is 0 Å². The lowest BCUT2D eigenvalue weighted by Gasteiger charge is -2.47. The fourth-order valence-corrected chi connectivity index (χ4v) is 4.37. The van der Waals surface area contributed by atoms with E-state index in [2.05, 4.69) is 15.0 Å². The van der Waals surface area contributed by atoms with Crippen LogP contribution in [0.1, 0.15) is 40.5 Å². The van der Waals surface area contributed by atoms with E-state index in [4.69, 9.17) is 28.1 Å². The van der Waals surface area contributed by atoms with Crippen molar-refractivity contribution in [2.75, 3.05) is 17.8 Å². The number of aromatic nitrogens is 3. The average molecular weight is 569 g/mol. The molecule has 3 heterocycles. The number of fused-ring (bicyclic) bond motifs is 1. The van der Waals surface area contributed by atoms with Gasteiger partial charge in [-0.15, -0.1) is 0 Å². The van der Waals surface area contributed by atoms with Crippen LogP contribution < -0.4 is 4.90 Å². The Morgan fingerprint density at radius 3 is 1.97 bits per heavy atom. The first-order valence-corrected chi connectivity index (χ1v) is 12.8. The first-order chi connectivity index (χ1) is 18.3. The average Bonchev–Trinajstić information content (AvgIpc) is 3.20. The van der Waals surface area contributed by atoms with E-state index in [1.54, 1.807) is 13.2 Å². The van der Waals surface area contributed by atoms with Crippen LogP contribution in [0.3, 0.4) is 0 Å². The number of rotatable bonds is 8. The van der Waals surface area contributed by atoms with E-state index in [1.807, 2.05) is 0 Å². The van der Waals surface area contributed by atoms with Crippen molar-refractivity contribution in [1.82, 2.24) is 15.0 Å². The van der Waals surface area contributed by atoms with Gasteiger partial charge in [0.05, 0.1) is 0 Å². The SMILES string of the molecule is CSc1nc(N(C(C)=O)C2OC(COC(C)=O)C(OC(C)=O)C(OC(C)=O)C2OC(C)=O)c2nc(C)oc2n1. The van der Waals surface area contributed by atoms with Gasteiger partial charge in [-0.1, -0.05) is 11.8 Å². The van der Waals surface area contributed by atoms with Gasteiger partial charge in [0.2, 0.25) is 5.91 Å². The highest BCUT2D eigenvalue weighted by Gasteiger charge is 2.55. The van der Waals surface area contributed by atoms with Crippen molar-refractivity contribution >= 4 is 58.6 Å². The van der Waals surface area contributed by atoms with E-state index in [9.17, 15) is 24.0 Å². The number of thioether (sulfide) groups is 1. The van der Waals surface area contributed by atoms with Crippen LogP contribution in [-0.2, 0) is 47.7 Å². The molecule has 1 aliphatic heterocycles. The van der Waals surface area contributed by atoms with Crippen LogP contribution >= 0.6 is 11.8 Å². The maximum absolute atomic E-state index is 13.2. The Morgan fingerprint density at radius 2 is 1.44 bits per heavy atom. The van der Waals surface area contributed by atoms with Gasteiger partial charge in [-0.2, -0.15) is 4.98 Å². The van der Waals surface area contributed by atoms with E-state index in [0.29, 0.717) is 0 Å². The summed E-state index contributed by atoms with van der Waals surface area (Å²) >= 11 is 1.16. The normalized spacial score (nSPS) is 22.6. The maximum Gasteiger partial charge on any atom is 0.303 e. The zero-order valence-electron chi connectivity index (χ0n) is 22.3. The fraction of sp³-hybridized carbons (Fsp3) is 0.565. The summed E-state index contributed by atoms with van der Waals surface area (Å²) in [6.07, 6.45) is -5.47. The predicted molar refractivity (Wildman–Crippen MR) is 131 cm³/mol. The van der Waals surface area contributed by atoms with Crippen molar-refractivity contribution in [2.45, 2.75) is 77.3 Å². The topological polar surface area (TPSA) is 187 Å². The van der Waals surface area contributed by atoms with Crippen LogP contribution in [0.25, 0.3) is 11.2 Å². The van der Waals surface area contributed by atoms with Gasteiger partial charge >= 0.3 is 23.9 Å². The van der Waals surface area contributed by atoms with E-state index in [0.717, 1.165) is 44.4 Å². The van der Waals surface area contributed by atoms with Gasteiger partial charge in [0.1, 0.15) is 12.7 Å². The molecule has 2 aromatic heterocycles. The molecule has 0 spiro atoms. The molecule has 212 valence electrons. The first-order valence-electron chi connectivity index (χ1n) is 11.6. The lowest BCUT2D eigenvalue weighted by Crippen LogP contribution is -2.67. The number of oxazole rings is 1. The van der Waals surface area contributed by atoms with Gasteiger partial charge in [0.15, 0.2) is 46.9 Å². The minimum atomic E-state index is -1.52. The number of anilines is 1. The number of hydrogen-bond acceptors (Lipinski definition) is 15. The Balaban J connectivity index is 2.25. The molecule has 0 bridgehead atoms. The lowest BCUT2D eigenvalue weighted by atomic mass is 9.96. The summed E-state index contributed by atoms with van der Waals surface area (Å²) in [5.74, 6) is -3.52. The minimum absolute atomic E-state index is 0.0467. The maximum atomic E-state index is 13.2. The molecule has 2 aromatic rings. The smallest absolute Gasteiger partial charge is 0.303 e.